The Balaban J connectivity index is 1.70. The predicted molar refractivity (Wildman–Crippen MR) is 260 cm³/mol. The fourth-order valence-corrected chi connectivity index (χ4v) is 8.71. The van der Waals surface area contributed by atoms with Crippen LogP contribution in [0, 0.1) is 0 Å². The maximum Gasteiger partial charge on any atom is 0.306 e. The Morgan fingerprint density at radius 2 is 1.02 bits per heavy atom. The number of anilines is 2. The molecule has 0 radical (unpaired) electrons. The molecule has 0 amide bonds. The Labute approximate surface area is 379 Å². The predicted octanol–water partition coefficient (Wildman–Crippen LogP) is 12.2. The molecule has 0 aromatic heterocycles. The van der Waals surface area contributed by atoms with Crippen molar-refractivity contribution in [2.75, 3.05) is 69.3 Å². The van der Waals surface area contributed by atoms with E-state index in [9.17, 15) is 19.2 Å². The zero-order valence-corrected chi connectivity index (χ0v) is 40.5. The molecule has 1 unspecified atom stereocenters. The molecule has 62 heavy (non-hydrogen) atoms. The maximum absolute atomic E-state index is 12.9. The minimum absolute atomic E-state index is 0.00569. The van der Waals surface area contributed by atoms with Crippen molar-refractivity contribution in [3.8, 4) is 0 Å². The summed E-state index contributed by atoms with van der Waals surface area (Å²) in [6, 6.07) is 0. The van der Waals surface area contributed by atoms with Gasteiger partial charge in [-0.15, -0.1) is 0 Å². The van der Waals surface area contributed by atoms with Crippen molar-refractivity contribution in [1.82, 2.24) is 4.90 Å². The molecule has 1 aliphatic heterocycles. The van der Waals surface area contributed by atoms with Gasteiger partial charge in [0.15, 0.2) is 0 Å². The number of rotatable bonds is 44. The van der Waals surface area contributed by atoms with Gasteiger partial charge in [0.2, 0.25) is 0 Å². The van der Waals surface area contributed by atoms with E-state index in [2.05, 4.69) is 31.0 Å². The zero-order valence-electron chi connectivity index (χ0n) is 40.5. The molecule has 1 heterocycles. The molecule has 1 saturated heterocycles. The first-order valence-electron chi connectivity index (χ1n) is 26.4. The van der Waals surface area contributed by atoms with E-state index in [1.807, 2.05) is 4.90 Å². The van der Waals surface area contributed by atoms with Gasteiger partial charge in [-0.2, -0.15) is 0 Å². The molecule has 10 nitrogen and oxygen atoms in total. The van der Waals surface area contributed by atoms with E-state index in [0.717, 1.165) is 129 Å². The SMILES string of the molecule is CCCCCCCCCOC(=O)CCCCCCCN(CCCCCCCC(=O)OC(CCCCCCC)CCCCCCCC)CCCNc1c(N2CCOCC2)c(=O)c1=O. The van der Waals surface area contributed by atoms with E-state index < -0.39 is 5.43 Å². The summed E-state index contributed by atoms with van der Waals surface area (Å²) in [6.07, 6.45) is 37.1. The molecule has 2 rings (SSSR count). The molecular weight excluding hydrogens is 779 g/mol. The number of hydrogen-bond acceptors (Lipinski definition) is 10. The number of esters is 2. The van der Waals surface area contributed by atoms with Crippen molar-refractivity contribution in [2.45, 2.75) is 239 Å². The molecule has 1 atom stereocenters. The monoisotopic (exact) mass is 874 g/mol. The summed E-state index contributed by atoms with van der Waals surface area (Å²) in [7, 11) is 0. The number of nitrogens with zero attached hydrogens (tertiary/aromatic N) is 2. The van der Waals surface area contributed by atoms with Crippen LogP contribution in [0.4, 0.5) is 11.4 Å². The Kier molecular flexibility index (Phi) is 35.0. The second-order valence-electron chi connectivity index (χ2n) is 18.4. The first kappa shape index (κ1) is 55.7. The number of morpholine rings is 1. The Morgan fingerprint density at radius 3 is 1.56 bits per heavy atom. The van der Waals surface area contributed by atoms with Crippen LogP contribution in [-0.4, -0.2) is 82.0 Å². The van der Waals surface area contributed by atoms with Crippen LogP contribution >= 0.6 is 0 Å². The molecule has 10 heteroatoms. The zero-order chi connectivity index (χ0) is 44.7. The third-order valence-electron chi connectivity index (χ3n) is 12.7. The molecular formula is C52H95N3O7. The number of carbonyl (C=O) groups excluding carboxylic acids is 2. The van der Waals surface area contributed by atoms with Crippen molar-refractivity contribution in [3.63, 3.8) is 0 Å². The third kappa shape index (κ3) is 27.7. The van der Waals surface area contributed by atoms with Crippen LogP contribution in [0.15, 0.2) is 9.59 Å². The smallest absolute Gasteiger partial charge is 0.306 e. The summed E-state index contributed by atoms with van der Waals surface area (Å²) in [4.78, 5) is 54.4. The lowest BCUT2D eigenvalue weighted by Gasteiger charge is -2.31. The molecule has 1 aromatic carbocycles. The maximum atomic E-state index is 12.9. The highest BCUT2D eigenvalue weighted by atomic mass is 16.5. The van der Waals surface area contributed by atoms with Crippen molar-refractivity contribution in [3.05, 3.63) is 20.4 Å². The molecule has 1 N–H and O–H groups in total. The number of hydrogen-bond donors (Lipinski definition) is 1. The third-order valence-corrected chi connectivity index (χ3v) is 12.7. The van der Waals surface area contributed by atoms with Gasteiger partial charge in [0.25, 0.3) is 10.9 Å². The van der Waals surface area contributed by atoms with Crippen molar-refractivity contribution in [1.29, 1.82) is 0 Å². The van der Waals surface area contributed by atoms with Gasteiger partial charge in [-0.25, -0.2) is 0 Å². The normalized spacial score (nSPS) is 13.6. The molecule has 360 valence electrons. The minimum Gasteiger partial charge on any atom is -0.466 e. The number of unbranched alkanes of at least 4 members (excludes halogenated alkanes) is 23. The van der Waals surface area contributed by atoms with Gasteiger partial charge in [-0.3, -0.25) is 19.2 Å². The number of nitrogens with one attached hydrogen (secondary N) is 1. The summed E-state index contributed by atoms with van der Waals surface area (Å²) in [6.45, 7) is 13.4. The largest absolute Gasteiger partial charge is 0.466 e. The van der Waals surface area contributed by atoms with Crippen molar-refractivity contribution >= 4 is 23.3 Å². The van der Waals surface area contributed by atoms with Crippen LogP contribution < -0.4 is 21.1 Å². The fraction of sp³-hybridized carbons (Fsp3) is 0.885. The molecule has 0 saturated carbocycles. The molecule has 0 aliphatic carbocycles. The van der Waals surface area contributed by atoms with Crippen LogP contribution in [0.3, 0.4) is 0 Å². The summed E-state index contributed by atoms with van der Waals surface area (Å²) >= 11 is 0. The fourth-order valence-electron chi connectivity index (χ4n) is 8.71. The van der Waals surface area contributed by atoms with E-state index in [1.165, 1.54) is 89.9 Å². The van der Waals surface area contributed by atoms with Crippen LogP contribution in [0.25, 0.3) is 0 Å². The highest BCUT2D eigenvalue weighted by molar-refractivity contribution is 5.75. The van der Waals surface area contributed by atoms with Gasteiger partial charge in [0.05, 0.1) is 19.8 Å². The Bertz CT molecular complexity index is 1290. The van der Waals surface area contributed by atoms with Gasteiger partial charge in [0.1, 0.15) is 17.5 Å². The standard InChI is InChI=1S/C52H95N3O7/c1-4-7-10-13-15-24-31-43-61-47(56)35-27-20-16-22-29-38-54(40-32-37-53-49-50(52(59)51(49)58)55-41-44-60-45-42-55)39-30-23-17-21-28-36-48(57)62-46(33-25-18-12-9-6-3)34-26-19-14-11-8-5-2/h46,53H,4-45H2,1-3H3. The van der Waals surface area contributed by atoms with E-state index in [1.54, 1.807) is 0 Å². The summed E-state index contributed by atoms with van der Waals surface area (Å²) in [5.41, 5.74) is 0.235. The van der Waals surface area contributed by atoms with Crippen molar-refractivity contribution in [2.24, 2.45) is 0 Å². The minimum atomic E-state index is -0.399. The van der Waals surface area contributed by atoms with Crippen LogP contribution in [0.5, 0.6) is 0 Å². The van der Waals surface area contributed by atoms with Gasteiger partial charge < -0.3 is 29.3 Å². The lowest BCUT2D eigenvalue weighted by molar-refractivity contribution is -0.150. The first-order valence-corrected chi connectivity index (χ1v) is 26.4. The molecule has 1 fully saturated rings. The summed E-state index contributed by atoms with van der Waals surface area (Å²) < 4.78 is 17.0. The first-order chi connectivity index (χ1) is 30.4. The van der Waals surface area contributed by atoms with Crippen LogP contribution in [0.1, 0.15) is 233 Å². The second kappa shape index (κ2) is 39.0. The van der Waals surface area contributed by atoms with Crippen LogP contribution in [0.2, 0.25) is 0 Å². The van der Waals surface area contributed by atoms with Crippen molar-refractivity contribution < 1.29 is 23.8 Å². The topological polar surface area (TPSA) is 114 Å². The Morgan fingerprint density at radius 1 is 0.565 bits per heavy atom. The van der Waals surface area contributed by atoms with E-state index in [-0.39, 0.29) is 23.5 Å². The number of carbonyl (C=O) groups is 2. The van der Waals surface area contributed by atoms with Gasteiger partial charge in [-0.1, -0.05) is 156 Å². The second-order valence-corrected chi connectivity index (χ2v) is 18.4. The molecule has 1 aliphatic rings. The van der Waals surface area contributed by atoms with E-state index >= 15 is 0 Å². The lowest BCUT2D eigenvalue weighted by atomic mass is 10.0. The highest BCUT2D eigenvalue weighted by Gasteiger charge is 2.27. The summed E-state index contributed by atoms with van der Waals surface area (Å²) in [5.74, 6) is -0.0544. The average molecular weight is 874 g/mol. The van der Waals surface area contributed by atoms with E-state index in [0.29, 0.717) is 63.7 Å². The Hall–Kier alpha value is -2.46. The molecule has 0 bridgehead atoms. The number of ether oxygens (including phenoxy) is 3. The van der Waals surface area contributed by atoms with Gasteiger partial charge in [0, 0.05) is 32.5 Å². The quantitative estimate of drug-likeness (QED) is 0.0386. The summed E-state index contributed by atoms with van der Waals surface area (Å²) in [5, 5.41) is 3.30. The average Bonchev–Trinajstić information content (AvgIpc) is 3.28. The highest BCUT2D eigenvalue weighted by Crippen LogP contribution is 2.22. The molecule has 1 aromatic rings. The van der Waals surface area contributed by atoms with Crippen LogP contribution in [-0.2, 0) is 23.8 Å². The van der Waals surface area contributed by atoms with E-state index in [4.69, 9.17) is 14.2 Å². The van der Waals surface area contributed by atoms with Gasteiger partial charge >= 0.3 is 11.9 Å². The lowest BCUT2D eigenvalue weighted by Crippen LogP contribution is -2.47. The molecule has 0 spiro atoms. The van der Waals surface area contributed by atoms with Gasteiger partial charge in [-0.05, 0) is 83.8 Å².